The average Bonchev–Trinajstić information content (AvgIpc) is 2.86. The molecule has 2 aliphatic heterocycles. The summed E-state index contributed by atoms with van der Waals surface area (Å²) in [5.74, 6) is -0.738. The number of β-lactam (4-membered cyclic amide) rings is 1. The maximum absolute atomic E-state index is 12.3. The smallest absolute Gasteiger partial charge is 0.246 e. The van der Waals surface area contributed by atoms with E-state index in [9.17, 15) is 14.7 Å². The predicted molar refractivity (Wildman–Crippen MR) is 95.1 cm³/mol. The first kappa shape index (κ1) is 19.0. The Morgan fingerprint density at radius 1 is 1.38 bits per heavy atom. The first-order chi connectivity index (χ1) is 12.3. The number of nitrogens with zero attached hydrogens (tertiary/aromatic N) is 1. The van der Waals surface area contributed by atoms with E-state index in [0.29, 0.717) is 0 Å². The number of nitrogens with one attached hydrogen (secondary N) is 1. The topological polar surface area (TPSA) is 90.9 Å². The van der Waals surface area contributed by atoms with Gasteiger partial charge in [0.05, 0.1) is 12.0 Å². The number of hydrogen-bond donors (Lipinski definition) is 1. The molecule has 0 saturated carbocycles. The Labute approximate surface area is 157 Å². The number of thioether (sulfide) groups is 1. The van der Waals surface area contributed by atoms with Crippen LogP contribution in [-0.2, 0) is 14.4 Å². The lowest BCUT2D eigenvalue weighted by Gasteiger charge is -2.44. The minimum absolute atomic E-state index is 0.153. The number of benzene rings is 1. The van der Waals surface area contributed by atoms with Crippen molar-refractivity contribution in [3.05, 3.63) is 30.3 Å². The van der Waals surface area contributed by atoms with Gasteiger partial charge in [-0.05, 0) is 32.4 Å². The Hall–Kier alpha value is -1.77. The van der Waals surface area contributed by atoms with E-state index in [0.717, 1.165) is 12.2 Å². The zero-order valence-corrected chi connectivity index (χ0v) is 15.8. The maximum Gasteiger partial charge on any atom is 0.246 e. The minimum Gasteiger partial charge on any atom is -0.548 e. The third-order valence-electron chi connectivity index (χ3n) is 4.65. The first-order valence-electron chi connectivity index (χ1n) is 8.65. The fourth-order valence-electron chi connectivity index (χ4n) is 3.26. The van der Waals surface area contributed by atoms with Crippen molar-refractivity contribution in [1.82, 2.24) is 10.4 Å². The molecule has 2 saturated heterocycles. The molecule has 1 aromatic rings. The third kappa shape index (κ3) is 3.54. The fraction of sp³-hybridized carbons (Fsp3) is 0.556. The molecule has 0 bridgehead atoms. The van der Waals surface area contributed by atoms with Gasteiger partial charge in [-0.3, -0.25) is 9.63 Å². The highest BCUT2D eigenvalue weighted by atomic mass is 32.2. The largest absolute Gasteiger partial charge is 0.548 e. The van der Waals surface area contributed by atoms with Gasteiger partial charge in [0, 0.05) is 4.75 Å². The SMILES string of the molecule is CCC(CONC1C(=O)N2C1SC(C)(C)C2C(=O)[O-])Oc1ccccc1. The number of carboxylic acid groups (broad SMARTS) is 1. The summed E-state index contributed by atoms with van der Waals surface area (Å²) >= 11 is 1.44. The molecule has 4 atom stereocenters. The third-order valence-corrected chi connectivity index (χ3v) is 6.22. The standard InChI is InChI=1S/C18H24N2O5S/c1-4-11(25-12-8-6-5-7-9-12)10-24-19-13-15(21)20-14(17(22)23)18(2,3)26-16(13)20/h5-9,11,13-14,16,19H,4,10H2,1-3H3,(H,22,23)/p-1. The summed E-state index contributed by atoms with van der Waals surface area (Å²) in [6.07, 6.45) is 0.596. The lowest BCUT2D eigenvalue weighted by molar-refractivity contribution is -0.312. The Balaban J connectivity index is 1.51. The molecular weight excluding hydrogens is 356 g/mol. The molecular formula is C18H23N2O5S-. The number of para-hydroxylation sites is 1. The summed E-state index contributed by atoms with van der Waals surface area (Å²) < 4.78 is 5.24. The molecule has 3 rings (SSSR count). The minimum atomic E-state index is -1.22. The summed E-state index contributed by atoms with van der Waals surface area (Å²) in [6, 6.07) is 7.98. The molecule has 0 aromatic heterocycles. The van der Waals surface area contributed by atoms with Crippen molar-refractivity contribution in [1.29, 1.82) is 0 Å². The molecule has 1 N–H and O–H groups in total. The van der Waals surface area contributed by atoms with E-state index in [2.05, 4.69) is 5.48 Å². The van der Waals surface area contributed by atoms with Crippen molar-refractivity contribution in [3.8, 4) is 5.75 Å². The van der Waals surface area contributed by atoms with Crippen molar-refractivity contribution in [3.63, 3.8) is 0 Å². The Bertz CT molecular complexity index is 669. The van der Waals surface area contributed by atoms with Gasteiger partial charge in [0.15, 0.2) is 0 Å². The van der Waals surface area contributed by atoms with Crippen molar-refractivity contribution in [2.45, 2.75) is 55.5 Å². The number of carboxylic acids is 1. The van der Waals surface area contributed by atoms with Crippen LogP contribution >= 0.6 is 11.8 Å². The summed E-state index contributed by atoms with van der Waals surface area (Å²) in [5.41, 5.74) is 2.78. The van der Waals surface area contributed by atoms with Crippen LogP contribution in [0.15, 0.2) is 30.3 Å². The highest BCUT2D eigenvalue weighted by molar-refractivity contribution is 8.01. The highest BCUT2D eigenvalue weighted by Crippen LogP contribution is 2.50. The van der Waals surface area contributed by atoms with Crippen LogP contribution in [0.4, 0.5) is 0 Å². The molecule has 1 amide bonds. The second-order valence-corrected chi connectivity index (χ2v) is 8.72. The Morgan fingerprint density at radius 3 is 2.69 bits per heavy atom. The number of rotatable bonds is 8. The van der Waals surface area contributed by atoms with E-state index < -0.39 is 22.8 Å². The zero-order chi connectivity index (χ0) is 18.9. The van der Waals surface area contributed by atoms with Gasteiger partial charge in [-0.1, -0.05) is 25.1 Å². The van der Waals surface area contributed by atoms with Crippen molar-refractivity contribution in [2.75, 3.05) is 6.61 Å². The number of fused-ring (bicyclic) bond motifs is 1. The molecule has 0 spiro atoms. The van der Waals surface area contributed by atoms with E-state index in [1.807, 2.05) is 51.1 Å². The second kappa shape index (κ2) is 7.46. The van der Waals surface area contributed by atoms with Gasteiger partial charge in [-0.15, -0.1) is 11.8 Å². The first-order valence-corrected chi connectivity index (χ1v) is 9.53. The predicted octanol–water partition coefficient (Wildman–Crippen LogP) is 0.546. The summed E-state index contributed by atoms with van der Waals surface area (Å²) in [6.45, 7) is 5.89. The zero-order valence-electron chi connectivity index (χ0n) is 15.0. The number of carbonyl (C=O) groups is 2. The molecule has 7 nitrogen and oxygen atoms in total. The van der Waals surface area contributed by atoms with E-state index in [1.165, 1.54) is 16.7 Å². The van der Waals surface area contributed by atoms with Gasteiger partial charge < -0.3 is 19.5 Å². The Morgan fingerprint density at radius 2 is 2.08 bits per heavy atom. The van der Waals surface area contributed by atoms with Gasteiger partial charge in [-0.25, -0.2) is 0 Å². The van der Waals surface area contributed by atoms with E-state index in [4.69, 9.17) is 9.57 Å². The van der Waals surface area contributed by atoms with Crippen LogP contribution in [0.25, 0.3) is 0 Å². The molecule has 0 radical (unpaired) electrons. The lowest BCUT2D eigenvalue weighted by Crippen LogP contribution is -2.71. The lowest BCUT2D eigenvalue weighted by atomic mass is 9.96. The van der Waals surface area contributed by atoms with E-state index in [-0.39, 0.29) is 24.0 Å². The number of ether oxygens (including phenoxy) is 1. The van der Waals surface area contributed by atoms with E-state index >= 15 is 0 Å². The average molecular weight is 379 g/mol. The van der Waals surface area contributed by atoms with E-state index in [1.54, 1.807) is 0 Å². The van der Waals surface area contributed by atoms with Crippen LogP contribution in [0.1, 0.15) is 27.2 Å². The number of aliphatic carboxylic acids is 1. The summed E-state index contributed by atoms with van der Waals surface area (Å²) in [4.78, 5) is 30.6. The highest BCUT2D eigenvalue weighted by Gasteiger charge is 2.62. The molecule has 2 aliphatic rings. The van der Waals surface area contributed by atoms with Crippen LogP contribution in [0.3, 0.4) is 0 Å². The molecule has 2 heterocycles. The van der Waals surface area contributed by atoms with Gasteiger partial charge in [0.2, 0.25) is 5.91 Å². The molecule has 8 heteroatoms. The monoisotopic (exact) mass is 379 g/mol. The number of hydrogen-bond acceptors (Lipinski definition) is 7. The Kier molecular flexibility index (Phi) is 5.45. The molecule has 4 unspecified atom stereocenters. The van der Waals surface area contributed by atoms with Gasteiger partial charge >= 0.3 is 0 Å². The number of carbonyl (C=O) groups excluding carboxylic acids is 2. The maximum atomic E-state index is 12.3. The van der Waals surface area contributed by atoms with Gasteiger partial charge in [0.1, 0.15) is 29.9 Å². The van der Waals surface area contributed by atoms with Crippen LogP contribution in [-0.4, -0.2) is 51.7 Å². The quantitative estimate of drug-likeness (QED) is 0.521. The van der Waals surface area contributed by atoms with Crippen molar-refractivity contribution >= 4 is 23.6 Å². The molecule has 26 heavy (non-hydrogen) atoms. The fourth-order valence-corrected chi connectivity index (χ4v) is 4.87. The van der Waals surface area contributed by atoms with Crippen molar-refractivity contribution in [2.24, 2.45) is 0 Å². The molecule has 142 valence electrons. The van der Waals surface area contributed by atoms with Gasteiger partial charge in [0.25, 0.3) is 0 Å². The summed E-state index contributed by atoms with van der Waals surface area (Å²) in [7, 11) is 0. The van der Waals surface area contributed by atoms with Crippen LogP contribution < -0.4 is 15.3 Å². The molecule has 1 aromatic carbocycles. The van der Waals surface area contributed by atoms with Crippen LogP contribution in [0.2, 0.25) is 0 Å². The molecule has 0 aliphatic carbocycles. The van der Waals surface area contributed by atoms with Crippen LogP contribution in [0.5, 0.6) is 5.75 Å². The van der Waals surface area contributed by atoms with Crippen LogP contribution in [0, 0.1) is 0 Å². The number of amides is 1. The normalized spacial score (nSPS) is 27.6. The summed E-state index contributed by atoms with van der Waals surface area (Å²) in [5, 5.41) is 11.1. The molecule has 2 fully saturated rings. The van der Waals surface area contributed by atoms with Crippen molar-refractivity contribution < 1.29 is 24.3 Å². The second-order valence-electron chi connectivity index (χ2n) is 6.95. The number of hydroxylamine groups is 1. The van der Waals surface area contributed by atoms with Gasteiger partial charge in [-0.2, -0.15) is 5.48 Å².